The second kappa shape index (κ2) is 1.60. The summed E-state index contributed by atoms with van der Waals surface area (Å²) in [6.07, 6.45) is 4.58. The Labute approximate surface area is 78.5 Å². The lowest BCUT2D eigenvalue weighted by atomic mass is 9.62. The normalized spacial score (nSPS) is 80.5. The van der Waals surface area contributed by atoms with Crippen molar-refractivity contribution in [3.8, 4) is 0 Å². The molecule has 0 aromatic heterocycles. The summed E-state index contributed by atoms with van der Waals surface area (Å²) in [5.41, 5.74) is 0. The lowest BCUT2D eigenvalue weighted by molar-refractivity contribution is -0.0519. The van der Waals surface area contributed by atoms with Gasteiger partial charge in [-0.25, -0.2) is 0 Å². The summed E-state index contributed by atoms with van der Waals surface area (Å²) in [4.78, 5) is 0. The summed E-state index contributed by atoms with van der Waals surface area (Å²) in [6, 6.07) is 0. The van der Waals surface area contributed by atoms with Crippen molar-refractivity contribution in [3.63, 3.8) is 0 Å². The van der Waals surface area contributed by atoms with E-state index in [0.717, 1.165) is 47.3 Å². The van der Waals surface area contributed by atoms with Gasteiger partial charge in [-0.05, 0) is 66.6 Å². The molecule has 1 N–H and O–H groups in total. The van der Waals surface area contributed by atoms with Gasteiger partial charge in [-0.2, -0.15) is 0 Å². The van der Waals surface area contributed by atoms with Crippen molar-refractivity contribution in [3.05, 3.63) is 0 Å². The predicted octanol–water partition coefficient (Wildman–Crippen LogP) is 1.52. The summed E-state index contributed by atoms with van der Waals surface area (Å²) < 4.78 is 0. The molecule has 0 aromatic rings. The first-order chi connectivity index (χ1) is 6.38. The minimum atomic E-state index is 0.135. The Bertz CT molecular complexity index is 278. The van der Waals surface area contributed by atoms with Crippen LogP contribution in [0.25, 0.3) is 0 Å². The number of aliphatic hydroxyl groups is 1. The molecule has 9 atom stereocenters. The SMILES string of the molecule is O[C@H]1[C@H]2C[C@H]3[C@@H]1C1[C@H]4CC[C@@H]1[C@@H]2[C@@H]34. The largest absolute Gasteiger partial charge is 0.393 e. The standard InChI is InChI=1S/C12H16O/c13-12-7-3-6-9-4-1-2-5(10(7)9)8(4)11(6)12/h4-13H,1-3H2/t4-,5+,6-,7+,8?,9-,10+,11-,12+/m1/s1. The van der Waals surface area contributed by atoms with E-state index in [4.69, 9.17) is 0 Å². The highest BCUT2D eigenvalue weighted by atomic mass is 16.3. The molecule has 1 heteroatoms. The molecule has 0 spiro atoms. The summed E-state index contributed by atoms with van der Waals surface area (Å²) >= 11 is 0. The molecular weight excluding hydrogens is 160 g/mol. The summed E-state index contributed by atoms with van der Waals surface area (Å²) in [7, 11) is 0. The zero-order valence-corrected chi connectivity index (χ0v) is 7.76. The third kappa shape index (κ3) is 0.423. The van der Waals surface area contributed by atoms with Crippen LogP contribution in [0.3, 0.4) is 0 Å². The molecule has 1 nitrogen and oxygen atoms in total. The van der Waals surface area contributed by atoms with Crippen LogP contribution in [-0.4, -0.2) is 11.2 Å². The molecule has 5 fully saturated rings. The van der Waals surface area contributed by atoms with Crippen LogP contribution in [0, 0.1) is 47.3 Å². The van der Waals surface area contributed by atoms with E-state index in [-0.39, 0.29) is 6.10 Å². The first-order valence-electron chi connectivity index (χ1n) is 6.06. The van der Waals surface area contributed by atoms with Gasteiger partial charge in [0.1, 0.15) is 0 Å². The van der Waals surface area contributed by atoms with Crippen molar-refractivity contribution >= 4 is 0 Å². The number of hydrogen-bond donors (Lipinski definition) is 1. The first kappa shape index (κ1) is 6.44. The van der Waals surface area contributed by atoms with Gasteiger partial charge in [0, 0.05) is 0 Å². The molecule has 0 amide bonds. The maximum atomic E-state index is 10.2. The molecule has 1 unspecified atom stereocenters. The molecular formula is C12H16O. The van der Waals surface area contributed by atoms with Gasteiger partial charge in [0.25, 0.3) is 0 Å². The Morgan fingerprint density at radius 2 is 1.31 bits per heavy atom. The van der Waals surface area contributed by atoms with Gasteiger partial charge in [0.15, 0.2) is 0 Å². The van der Waals surface area contributed by atoms with E-state index in [1.807, 2.05) is 0 Å². The van der Waals surface area contributed by atoms with Crippen LogP contribution in [0.4, 0.5) is 0 Å². The minimum Gasteiger partial charge on any atom is -0.393 e. The lowest BCUT2D eigenvalue weighted by Crippen LogP contribution is -2.45. The molecule has 0 radical (unpaired) electrons. The van der Waals surface area contributed by atoms with Crippen molar-refractivity contribution in [2.75, 3.05) is 0 Å². The van der Waals surface area contributed by atoms with Crippen LogP contribution in [-0.2, 0) is 0 Å². The highest BCUT2D eigenvalue weighted by Gasteiger charge is 2.77. The van der Waals surface area contributed by atoms with Crippen molar-refractivity contribution < 1.29 is 5.11 Å². The Hall–Kier alpha value is -0.0400. The van der Waals surface area contributed by atoms with Crippen LogP contribution >= 0.6 is 0 Å². The fourth-order valence-corrected chi connectivity index (χ4v) is 6.79. The molecule has 5 rings (SSSR count). The number of fused-ring (bicyclic) bond motifs is 3. The molecule has 6 bridgehead atoms. The molecule has 5 aliphatic carbocycles. The second-order valence-electron chi connectivity index (χ2n) is 6.27. The van der Waals surface area contributed by atoms with Gasteiger partial charge in [-0.15, -0.1) is 0 Å². The van der Waals surface area contributed by atoms with E-state index in [1.54, 1.807) is 0 Å². The van der Waals surface area contributed by atoms with Gasteiger partial charge in [0.2, 0.25) is 0 Å². The van der Waals surface area contributed by atoms with E-state index in [9.17, 15) is 5.11 Å². The molecule has 5 aliphatic rings. The van der Waals surface area contributed by atoms with Crippen molar-refractivity contribution in [1.82, 2.24) is 0 Å². The highest BCUT2D eigenvalue weighted by molar-refractivity contribution is 5.25. The average Bonchev–Trinajstić information content (AvgIpc) is 2.77. The smallest absolute Gasteiger partial charge is 0.0605 e. The Kier molecular flexibility index (Phi) is 0.793. The molecule has 0 heterocycles. The molecule has 0 aliphatic heterocycles. The van der Waals surface area contributed by atoms with Crippen molar-refractivity contribution in [1.29, 1.82) is 0 Å². The topological polar surface area (TPSA) is 20.2 Å². The first-order valence-corrected chi connectivity index (χ1v) is 6.06. The summed E-state index contributed by atoms with van der Waals surface area (Å²) in [5, 5.41) is 10.2. The van der Waals surface area contributed by atoms with Crippen molar-refractivity contribution in [2.24, 2.45) is 47.3 Å². The average molecular weight is 176 g/mol. The second-order valence-corrected chi connectivity index (χ2v) is 6.27. The highest BCUT2D eigenvalue weighted by Crippen LogP contribution is 2.80. The van der Waals surface area contributed by atoms with Gasteiger partial charge in [-0.3, -0.25) is 0 Å². The van der Waals surface area contributed by atoms with Gasteiger partial charge < -0.3 is 5.11 Å². The third-order valence-corrected chi connectivity index (χ3v) is 6.56. The van der Waals surface area contributed by atoms with E-state index < -0.39 is 0 Å². The molecule has 70 valence electrons. The zero-order chi connectivity index (χ0) is 8.32. The van der Waals surface area contributed by atoms with Gasteiger partial charge in [-0.1, -0.05) is 0 Å². The van der Waals surface area contributed by atoms with Crippen LogP contribution in [0.15, 0.2) is 0 Å². The minimum absolute atomic E-state index is 0.135. The molecule has 5 saturated carbocycles. The van der Waals surface area contributed by atoms with Gasteiger partial charge >= 0.3 is 0 Å². The molecule has 13 heavy (non-hydrogen) atoms. The zero-order valence-electron chi connectivity index (χ0n) is 7.76. The summed E-state index contributed by atoms with van der Waals surface area (Å²) in [5.74, 6) is 7.75. The maximum absolute atomic E-state index is 10.2. The molecule has 0 aromatic carbocycles. The van der Waals surface area contributed by atoms with Crippen LogP contribution in [0.1, 0.15) is 19.3 Å². The van der Waals surface area contributed by atoms with Gasteiger partial charge in [0.05, 0.1) is 6.10 Å². The fraction of sp³-hybridized carbons (Fsp3) is 1.00. The summed E-state index contributed by atoms with van der Waals surface area (Å²) in [6.45, 7) is 0. The number of aliphatic hydroxyl groups excluding tert-OH is 1. The van der Waals surface area contributed by atoms with Crippen LogP contribution < -0.4 is 0 Å². The lowest BCUT2D eigenvalue weighted by Gasteiger charge is -2.44. The fourth-order valence-electron chi connectivity index (χ4n) is 6.79. The predicted molar refractivity (Wildman–Crippen MR) is 47.8 cm³/mol. The van der Waals surface area contributed by atoms with E-state index in [0.29, 0.717) is 0 Å². The quantitative estimate of drug-likeness (QED) is 0.593. The maximum Gasteiger partial charge on any atom is 0.0605 e. The third-order valence-electron chi connectivity index (χ3n) is 6.56. The Morgan fingerprint density at radius 1 is 0.692 bits per heavy atom. The van der Waals surface area contributed by atoms with Crippen molar-refractivity contribution in [2.45, 2.75) is 25.4 Å². The van der Waals surface area contributed by atoms with Crippen LogP contribution in [0.5, 0.6) is 0 Å². The Balaban J connectivity index is 1.80. The van der Waals surface area contributed by atoms with E-state index >= 15 is 0 Å². The molecule has 0 saturated heterocycles. The number of hydrogen-bond acceptors (Lipinski definition) is 1. The Morgan fingerprint density at radius 3 is 2.08 bits per heavy atom. The number of rotatable bonds is 0. The van der Waals surface area contributed by atoms with Crippen LogP contribution in [0.2, 0.25) is 0 Å². The van der Waals surface area contributed by atoms with E-state index in [1.165, 1.54) is 19.3 Å². The monoisotopic (exact) mass is 176 g/mol. The van der Waals surface area contributed by atoms with E-state index in [2.05, 4.69) is 0 Å².